The smallest absolute Gasteiger partial charge is 0.178 e. The Morgan fingerprint density at radius 2 is 2.17 bits per heavy atom. The lowest BCUT2D eigenvalue weighted by Crippen LogP contribution is -2.12. The molecule has 0 spiro atoms. The second-order valence-electron chi connectivity index (χ2n) is 5.50. The topological polar surface area (TPSA) is 59.4 Å². The van der Waals surface area contributed by atoms with Gasteiger partial charge in [0.25, 0.3) is 0 Å². The van der Waals surface area contributed by atoms with E-state index >= 15 is 0 Å². The van der Waals surface area contributed by atoms with E-state index < -0.39 is 0 Å². The van der Waals surface area contributed by atoms with Crippen molar-refractivity contribution in [3.63, 3.8) is 0 Å². The fraction of sp³-hybridized carbons (Fsp3) is 0.100. The summed E-state index contributed by atoms with van der Waals surface area (Å²) in [6.07, 6.45) is 8.04. The normalized spacial score (nSPS) is 13.5. The summed E-state index contributed by atoms with van der Waals surface area (Å²) >= 11 is 0. The van der Waals surface area contributed by atoms with E-state index in [0.29, 0.717) is 12.4 Å². The number of fused-ring (bicyclic) bond motifs is 1. The molecule has 2 aromatic rings. The maximum Gasteiger partial charge on any atom is 0.178 e. The number of ether oxygens (including phenoxy) is 1. The van der Waals surface area contributed by atoms with Gasteiger partial charge in [-0.3, -0.25) is 9.78 Å². The van der Waals surface area contributed by atoms with E-state index in [-0.39, 0.29) is 11.5 Å². The van der Waals surface area contributed by atoms with Gasteiger partial charge in [-0.1, -0.05) is 12.7 Å². The van der Waals surface area contributed by atoms with Crippen LogP contribution in [-0.4, -0.2) is 22.5 Å². The first kappa shape index (κ1) is 15.7. The van der Waals surface area contributed by atoms with E-state index in [2.05, 4.69) is 11.6 Å². The molecule has 0 saturated carbocycles. The quantitative estimate of drug-likeness (QED) is 0.875. The van der Waals surface area contributed by atoms with Crippen LogP contribution in [0.3, 0.4) is 0 Å². The van der Waals surface area contributed by atoms with Gasteiger partial charge in [-0.05, 0) is 48.4 Å². The molecule has 0 unspecified atom stereocenters. The third-order valence-corrected chi connectivity index (χ3v) is 3.90. The summed E-state index contributed by atoms with van der Waals surface area (Å²) in [6.45, 7) is 5.79. The van der Waals surface area contributed by atoms with Gasteiger partial charge in [0.1, 0.15) is 18.1 Å². The van der Waals surface area contributed by atoms with E-state index in [9.17, 15) is 9.90 Å². The highest BCUT2D eigenvalue weighted by Crippen LogP contribution is 2.40. The molecule has 0 radical (unpaired) electrons. The Hall–Kier alpha value is -3.14. The molecule has 1 aromatic carbocycles. The lowest BCUT2D eigenvalue weighted by Gasteiger charge is -2.24. The summed E-state index contributed by atoms with van der Waals surface area (Å²) in [5, 5.41) is 9.70. The molecule has 4 heteroatoms. The van der Waals surface area contributed by atoms with Crippen molar-refractivity contribution in [2.75, 3.05) is 6.61 Å². The van der Waals surface area contributed by atoms with E-state index in [0.717, 1.165) is 27.8 Å². The predicted molar refractivity (Wildman–Crippen MR) is 92.9 cm³/mol. The van der Waals surface area contributed by atoms with Gasteiger partial charge in [0, 0.05) is 35.2 Å². The standard InChI is InChI=1S/C20H17NO3/c1-3-15(22)5-4-14-12-24-19-10-16(23)6-7-17(19)20(14)18-11-21-9-8-13(18)2/h3-11,23H,1,12H2,2H3/b5-4-. The highest BCUT2D eigenvalue weighted by atomic mass is 16.5. The van der Waals surface area contributed by atoms with Crippen molar-refractivity contribution in [3.05, 3.63) is 83.7 Å². The molecule has 0 atom stereocenters. The summed E-state index contributed by atoms with van der Waals surface area (Å²) in [5.74, 6) is 0.596. The number of nitrogens with zero attached hydrogens (tertiary/aromatic N) is 1. The number of carbonyl (C=O) groups excluding carboxylic acids is 1. The molecule has 1 aliphatic rings. The van der Waals surface area contributed by atoms with Crippen molar-refractivity contribution < 1.29 is 14.6 Å². The number of allylic oxidation sites excluding steroid dienone is 2. The van der Waals surface area contributed by atoms with Crippen LogP contribution in [-0.2, 0) is 4.79 Å². The van der Waals surface area contributed by atoms with Crippen LogP contribution in [0.15, 0.2) is 67.0 Å². The number of hydrogen-bond acceptors (Lipinski definition) is 4. The second-order valence-corrected chi connectivity index (χ2v) is 5.50. The van der Waals surface area contributed by atoms with E-state index in [1.807, 2.05) is 19.1 Å². The fourth-order valence-corrected chi connectivity index (χ4v) is 2.66. The second kappa shape index (κ2) is 6.54. The van der Waals surface area contributed by atoms with Gasteiger partial charge in [-0.2, -0.15) is 0 Å². The molecule has 4 nitrogen and oxygen atoms in total. The van der Waals surface area contributed by atoms with Crippen LogP contribution in [0.2, 0.25) is 0 Å². The lowest BCUT2D eigenvalue weighted by atomic mass is 9.89. The molecule has 3 rings (SSSR count). The first-order valence-electron chi connectivity index (χ1n) is 7.55. The Morgan fingerprint density at radius 3 is 2.92 bits per heavy atom. The number of phenols is 1. The Kier molecular flexibility index (Phi) is 4.29. The molecule has 0 saturated heterocycles. The third kappa shape index (κ3) is 2.99. The molecule has 0 bridgehead atoms. The highest BCUT2D eigenvalue weighted by Gasteiger charge is 2.22. The SMILES string of the molecule is C=CC(=O)/C=C\C1=C(c2cnccc2C)c2ccc(O)cc2OC1. The average Bonchev–Trinajstić information content (AvgIpc) is 2.59. The van der Waals surface area contributed by atoms with Crippen molar-refractivity contribution >= 4 is 11.4 Å². The zero-order chi connectivity index (χ0) is 17.1. The maximum absolute atomic E-state index is 11.5. The number of pyridine rings is 1. The fourth-order valence-electron chi connectivity index (χ4n) is 2.66. The number of benzene rings is 1. The number of rotatable bonds is 4. The van der Waals surface area contributed by atoms with E-state index in [1.54, 1.807) is 30.6 Å². The third-order valence-electron chi connectivity index (χ3n) is 3.90. The summed E-state index contributed by atoms with van der Waals surface area (Å²) in [4.78, 5) is 15.8. The zero-order valence-electron chi connectivity index (χ0n) is 13.3. The largest absolute Gasteiger partial charge is 0.508 e. The van der Waals surface area contributed by atoms with Crippen molar-refractivity contribution in [2.45, 2.75) is 6.92 Å². The van der Waals surface area contributed by atoms with Crippen molar-refractivity contribution in [1.29, 1.82) is 0 Å². The Morgan fingerprint density at radius 1 is 1.33 bits per heavy atom. The van der Waals surface area contributed by atoms with Crippen LogP contribution >= 0.6 is 0 Å². The number of phenolic OH excluding ortho intramolecular Hbond substituents is 1. The summed E-state index contributed by atoms with van der Waals surface area (Å²) in [7, 11) is 0. The highest BCUT2D eigenvalue weighted by molar-refractivity contribution is 5.99. The number of aromatic hydroxyl groups is 1. The maximum atomic E-state index is 11.5. The Balaban J connectivity index is 2.22. The van der Waals surface area contributed by atoms with Crippen LogP contribution in [0.5, 0.6) is 11.5 Å². The number of carbonyl (C=O) groups is 1. The van der Waals surface area contributed by atoms with Gasteiger partial charge in [-0.25, -0.2) is 0 Å². The Bertz CT molecular complexity index is 878. The van der Waals surface area contributed by atoms with Crippen LogP contribution in [0.4, 0.5) is 0 Å². The van der Waals surface area contributed by atoms with Crippen LogP contribution in [0, 0.1) is 6.92 Å². The van der Waals surface area contributed by atoms with Crippen LogP contribution in [0.25, 0.3) is 5.57 Å². The molecule has 2 heterocycles. The van der Waals surface area contributed by atoms with Gasteiger partial charge < -0.3 is 9.84 Å². The molecule has 1 aliphatic heterocycles. The zero-order valence-corrected chi connectivity index (χ0v) is 13.3. The van der Waals surface area contributed by atoms with Crippen LogP contribution in [0.1, 0.15) is 16.7 Å². The number of hydrogen-bond donors (Lipinski definition) is 1. The van der Waals surface area contributed by atoms with E-state index in [4.69, 9.17) is 4.74 Å². The van der Waals surface area contributed by atoms with Crippen molar-refractivity contribution in [1.82, 2.24) is 4.98 Å². The summed E-state index contributed by atoms with van der Waals surface area (Å²) in [6, 6.07) is 6.97. The average molecular weight is 319 g/mol. The molecule has 1 aromatic heterocycles. The predicted octanol–water partition coefficient (Wildman–Crippen LogP) is 3.60. The number of aryl methyl sites for hydroxylation is 1. The Labute approximate surface area is 140 Å². The first-order valence-corrected chi connectivity index (χ1v) is 7.55. The van der Waals surface area contributed by atoms with Crippen LogP contribution < -0.4 is 4.74 Å². The molecule has 0 fully saturated rings. The number of ketones is 1. The first-order chi connectivity index (χ1) is 11.6. The minimum absolute atomic E-state index is 0.150. The monoisotopic (exact) mass is 319 g/mol. The van der Waals surface area contributed by atoms with Gasteiger partial charge in [0.15, 0.2) is 5.78 Å². The summed E-state index contributed by atoms with van der Waals surface area (Å²) in [5.41, 5.74) is 4.73. The molecular formula is C20H17NO3. The van der Waals surface area contributed by atoms with E-state index in [1.165, 1.54) is 12.2 Å². The van der Waals surface area contributed by atoms with Gasteiger partial charge in [0.05, 0.1) is 0 Å². The molecule has 1 N–H and O–H groups in total. The minimum atomic E-state index is -0.165. The molecule has 0 amide bonds. The molecule has 24 heavy (non-hydrogen) atoms. The van der Waals surface area contributed by atoms with Crippen molar-refractivity contribution in [2.24, 2.45) is 0 Å². The molecule has 0 aliphatic carbocycles. The summed E-state index contributed by atoms with van der Waals surface area (Å²) < 4.78 is 5.75. The molecule has 120 valence electrons. The molecular weight excluding hydrogens is 302 g/mol. The van der Waals surface area contributed by atoms with Crippen molar-refractivity contribution in [3.8, 4) is 11.5 Å². The number of aromatic nitrogens is 1. The minimum Gasteiger partial charge on any atom is -0.508 e. The van der Waals surface area contributed by atoms with Gasteiger partial charge in [0.2, 0.25) is 0 Å². The van der Waals surface area contributed by atoms with Gasteiger partial charge >= 0.3 is 0 Å². The lowest BCUT2D eigenvalue weighted by molar-refractivity contribution is -0.110. The van der Waals surface area contributed by atoms with Gasteiger partial charge in [-0.15, -0.1) is 0 Å².